The van der Waals surface area contributed by atoms with Gasteiger partial charge in [-0.05, 0) is 31.4 Å². The molecule has 2 atom stereocenters. The van der Waals surface area contributed by atoms with Gasteiger partial charge in [-0.2, -0.15) is 0 Å². The van der Waals surface area contributed by atoms with Crippen LogP contribution in [0.5, 0.6) is 0 Å². The van der Waals surface area contributed by atoms with Crippen molar-refractivity contribution in [1.82, 2.24) is 10.2 Å². The lowest BCUT2D eigenvalue weighted by Gasteiger charge is -2.32. The summed E-state index contributed by atoms with van der Waals surface area (Å²) in [6.45, 7) is 4.72. The van der Waals surface area contributed by atoms with E-state index in [1.54, 1.807) is 11.8 Å². The van der Waals surface area contributed by atoms with Crippen LogP contribution >= 0.6 is 0 Å². The van der Waals surface area contributed by atoms with Gasteiger partial charge in [0.2, 0.25) is 0 Å². The number of carbonyl (C=O) groups excluding carboxylic acids is 1. The number of nitrogens with zero attached hydrogens (tertiary/aromatic N) is 1. The second-order valence-corrected chi connectivity index (χ2v) is 5.52. The van der Waals surface area contributed by atoms with E-state index in [1.165, 1.54) is 11.1 Å². The highest BCUT2D eigenvalue weighted by molar-refractivity contribution is 5.76. The summed E-state index contributed by atoms with van der Waals surface area (Å²) >= 11 is 0. The summed E-state index contributed by atoms with van der Waals surface area (Å²) < 4.78 is 0. The number of hydrogen-bond donors (Lipinski definition) is 2. The fraction of sp³-hybridized carbons (Fsp3) is 0.500. The molecule has 1 aromatic rings. The summed E-state index contributed by atoms with van der Waals surface area (Å²) in [4.78, 5) is 24.5. The molecule has 1 aliphatic rings. The van der Waals surface area contributed by atoms with Crippen LogP contribution in [0.15, 0.2) is 24.3 Å². The van der Waals surface area contributed by atoms with Gasteiger partial charge in [-0.1, -0.05) is 24.3 Å². The van der Waals surface area contributed by atoms with E-state index in [0.717, 1.165) is 6.42 Å². The highest BCUT2D eigenvalue weighted by Crippen LogP contribution is 2.33. The van der Waals surface area contributed by atoms with Crippen molar-refractivity contribution in [2.45, 2.75) is 38.6 Å². The highest BCUT2D eigenvalue weighted by atomic mass is 16.4. The maximum absolute atomic E-state index is 12.2. The van der Waals surface area contributed by atoms with Gasteiger partial charge >= 0.3 is 12.0 Å². The van der Waals surface area contributed by atoms with E-state index >= 15 is 0 Å². The summed E-state index contributed by atoms with van der Waals surface area (Å²) in [5, 5.41) is 11.8. The van der Waals surface area contributed by atoms with Crippen LogP contribution in [0.3, 0.4) is 0 Å². The number of aliphatic carboxylic acids is 1. The standard InChI is InChI=1S/C16H22N2O3/c1-3-18(11(2)8-15(19)20)16(21)17-10-13-9-12-6-4-5-7-14(12)13/h4-7,11,13H,3,8-10H2,1-2H3,(H,17,21)(H,19,20). The van der Waals surface area contributed by atoms with Gasteiger partial charge < -0.3 is 15.3 Å². The van der Waals surface area contributed by atoms with Gasteiger partial charge in [0.15, 0.2) is 0 Å². The van der Waals surface area contributed by atoms with E-state index in [-0.39, 0.29) is 18.5 Å². The van der Waals surface area contributed by atoms with Crippen molar-refractivity contribution >= 4 is 12.0 Å². The van der Waals surface area contributed by atoms with Crippen LogP contribution in [0.25, 0.3) is 0 Å². The van der Waals surface area contributed by atoms with Gasteiger partial charge in [0, 0.05) is 25.0 Å². The quantitative estimate of drug-likeness (QED) is 0.844. The number of urea groups is 1. The Morgan fingerprint density at radius 1 is 1.43 bits per heavy atom. The van der Waals surface area contributed by atoms with Crippen LogP contribution in [0, 0.1) is 0 Å². The van der Waals surface area contributed by atoms with Gasteiger partial charge in [-0.15, -0.1) is 0 Å². The van der Waals surface area contributed by atoms with Crippen molar-refractivity contribution in [1.29, 1.82) is 0 Å². The molecular weight excluding hydrogens is 268 g/mol. The predicted octanol–water partition coefficient (Wildman–Crippen LogP) is 2.22. The molecule has 0 saturated heterocycles. The number of amides is 2. The average molecular weight is 290 g/mol. The normalized spacial score (nSPS) is 17.3. The van der Waals surface area contributed by atoms with Crippen LogP contribution < -0.4 is 5.32 Å². The Bertz CT molecular complexity index is 530. The Morgan fingerprint density at radius 2 is 2.14 bits per heavy atom. The molecule has 5 nitrogen and oxygen atoms in total. The van der Waals surface area contributed by atoms with Crippen molar-refractivity contribution in [2.24, 2.45) is 0 Å². The number of carbonyl (C=O) groups is 2. The average Bonchev–Trinajstić information content (AvgIpc) is 2.39. The first kappa shape index (κ1) is 15.4. The Morgan fingerprint density at radius 3 is 2.76 bits per heavy atom. The second-order valence-electron chi connectivity index (χ2n) is 5.52. The van der Waals surface area contributed by atoms with Gasteiger partial charge in [-0.25, -0.2) is 4.79 Å². The maximum Gasteiger partial charge on any atom is 0.317 e. The predicted molar refractivity (Wildman–Crippen MR) is 80.4 cm³/mol. The minimum absolute atomic E-state index is 0.0342. The smallest absolute Gasteiger partial charge is 0.317 e. The van der Waals surface area contributed by atoms with Crippen LogP contribution in [-0.4, -0.2) is 41.1 Å². The molecule has 1 aromatic carbocycles. The number of fused-ring (bicyclic) bond motifs is 1. The molecule has 2 amide bonds. The molecular formula is C16H22N2O3. The third kappa shape index (κ3) is 3.54. The summed E-state index contributed by atoms with van der Waals surface area (Å²) in [6.07, 6.45) is 0.959. The summed E-state index contributed by atoms with van der Waals surface area (Å²) in [6, 6.07) is 7.76. The number of benzene rings is 1. The molecule has 0 aliphatic heterocycles. The first-order valence-corrected chi connectivity index (χ1v) is 7.37. The number of carboxylic acids is 1. The molecule has 114 valence electrons. The second kappa shape index (κ2) is 6.61. The first-order valence-electron chi connectivity index (χ1n) is 7.37. The van der Waals surface area contributed by atoms with Crippen LogP contribution in [-0.2, 0) is 11.2 Å². The molecule has 0 spiro atoms. The molecule has 2 N–H and O–H groups in total. The molecule has 2 rings (SSSR count). The largest absolute Gasteiger partial charge is 0.481 e. The van der Waals surface area contributed by atoms with E-state index in [2.05, 4.69) is 17.4 Å². The third-order valence-electron chi connectivity index (χ3n) is 4.06. The molecule has 0 heterocycles. The van der Waals surface area contributed by atoms with Crippen LogP contribution in [0.2, 0.25) is 0 Å². The Labute approximate surface area is 125 Å². The summed E-state index contributed by atoms with van der Waals surface area (Å²) in [5.74, 6) is -0.514. The Balaban J connectivity index is 1.85. The molecule has 0 fully saturated rings. The molecule has 0 aromatic heterocycles. The zero-order chi connectivity index (χ0) is 15.4. The number of carboxylic acid groups (broad SMARTS) is 1. The summed E-state index contributed by atoms with van der Waals surface area (Å²) in [5.41, 5.74) is 2.66. The monoisotopic (exact) mass is 290 g/mol. The minimum atomic E-state index is -0.887. The number of hydrogen-bond acceptors (Lipinski definition) is 2. The van der Waals surface area contributed by atoms with Gasteiger partial charge in [0.05, 0.1) is 6.42 Å². The van der Waals surface area contributed by atoms with Crippen molar-refractivity contribution in [3.63, 3.8) is 0 Å². The Hall–Kier alpha value is -2.04. The lowest BCUT2D eigenvalue weighted by molar-refractivity contribution is -0.138. The fourth-order valence-electron chi connectivity index (χ4n) is 2.88. The zero-order valence-corrected chi connectivity index (χ0v) is 12.5. The van der Waals surface area contributed by atoms with E-state index in [1.807, 2.05) is 19.1 Å². The highest BCUT2D eigenvalue weighted by Gasteiger charge is 2.27. The van der Waals surface area contributed by atoms with Crippen molar-refractivity contribution in [3.05, 3.63) is 35.4 Å². The number of nitrogens with one attached hydrogen (secondary N) is 1. The molecule has 1 aliphatic carbocycles. The van der Waals surface area contributed by atoms with Gasteiger partial charge in [0.1, 0.15) is 0 Å². The molecule has 0 saturated carbocycles. The van der Waals surface area contributed by atoms with E-state index in [4.69, 9.17) is 5.11 Å². The minimum Gasteiger partial charge on any atom is -0.481 e. The molecule has 0 radical (unpaired) electrons. The van der Waals surface area contributed by atoms with Crippen LogP contribution in [0.4, 0.5) is 4.79 Å². The summed E-state index contributed by atoms with van der Waals surface area (Å²) in [7, 11) is 0. The van der Waals surface area contributed by atoms with Gasteiger partial charge in [0.25, 0.3) is 0 Å². The molecule has 5 heteroatoms. The van der Waals surface area contributed by atoms with Gasteiger partial charge in [-0.3, -0.25) is 4.79 Å². The van der Waals surface area contributed by atoms with Crippen LogP contribution in [0.1, 0.15) is 37.3 Å². The van der Waals surface area contributed by atoms with E-state index < -0.39 is 5.97 Å². The topological polar surface area (TPSA) is 69.6 Å². The van der Waals surface area contributed by atoms with E-state index in [9.17, 15) is 9.59 Å². The third-order valence-corrected chi connectivity index (χ3v) is 4.06. The van der Waals surface area contributed by atoms with Crippen molar-refractivity contribution < 1.29 is 14.7 Å². The lowest BCUT2D eigenvalue weighted by Crippen LogP contribution is -2.47. The first-order chi connectivity index (χ1) is 10.0. The Kier molecular flexibility index (Phi) is 4.83. The maximum atomic E-state index is 12.2. The molecule has 2 unspecified atom stereocenters. The van der Waals surface area contributed by atoms with Crippen molar-refractivity contribution in [3.8, 4) is 0 Å². The van der Waals surface area contributed by atoms with E-state index in [0.29, 0.717) is 19.0 Å². The molecule has 0 bridgehead atoms. The SMILES string of the molecule is CCN(C(=O)NCC1Cc2ccccc21)C(C)CC(=O)O. The number of rotatable bonds is 6. The zero-order valence-electron chi connectivity index (χ0n) is 12.5. The van der Waals surface area contributed by atoms with Crippen molar-refractivity contribution in [2.75, 3.05) is 13.1 Å². The molecule has 21 heavy (non-hydrogen) atoms. The fourth-order valence-corrected chi connectivity index (χ4v) is 2.88. The lowest BCUT2D eigenvalue weighted by atomic mass is 9.78.